The Bertz CT molecular complexity index is 409. The van der Waals surface area contributed by atoms with E-state index in [9.17, 15) is 4.79 Å². The molecule has 0 spiro atoms. The molecule has 1 amide bonds. The first-order valence-electron chi connectivity index (χ1n) is 8.29. The van der Waals surface area contributed by atoms with Crippen molar-refractivity contribution >= 4 is 11.6 Å². The SMILES string of the molecule is CCCCCCCCCCNC(=O)c1cc(C)cc(N)c1. The van der Waals surface area contributed by atoms with E-state index >= 15 is 0 Å². The maximum atomic E-state index is 12.0. The van der Waals surface area contributed by atoms with E-state index in [1.807, 2.05) is 19.1 Å². The number of amides is 1. The van der Waals surface area contributed by atoms with Gasteiger partial charge in [0.1, 0.15) is 0 Å². The summed E-state index contributed by atoms with van der Waals surface area (Å²) in [4.78, 5) is 12.0. The zero-order valence-corrected chi connectivity index (χ0v) is 13.6. The van der Waals surface area contributed by atoms with Crippen LogP contribution in [0.1, 0.15) is 74.2 Å². The topological polar surface area (TPSA) is 55.1 Å². The van der Waals surface area contributed by atoms with Crippen molar-refractivity contribution in [2.45, 2.75) is 65.2 Å². The number of benzene rings is 1. The molecule has 0 fully saturated rings. The Morgan fingerprint density at radius 1 is 1.00 bits per heavy atom. The Morgan fingerprint density at radius 2 is 1.62 bits per heavy atom. The first kappa shape index (κ1) is 17.5. The lowest BCUT2D eigenvalue weighted by atomic mass is 10.1. The molecule has 0 aromatic heterocycles. The molecule has 0 bridgehead atoms. The van der Waals surface area contributed by atoms with Crippen LogP contribution < -0.4 is 11.1 Å². The lowest BCUT2D eigenvalue weighted by Gasteiger charge is -2.07. The van der Waals surface area contributed by atoms with Crippen LogP contribution in [-0.4, -0.2) is 12.5 Å². The molecule has 1 aromatic rings. The fraction of sp³-hybridized carbons (Fsp3) is 0.611. The summed E-state index contributed by atoms with van der Waals surface area (Å²) in [6.07, 6.45) is 10.2. The van der Waals surface area contributed by atoms with E-state index in [0.717, 1.165) is 18.5 Å². The Morgan fingerprint density at radius 3 is 2.24 bits per heavy atom. The molecule has 0 aliphatic carbocycles. The monoisotopic (exact) mass is 290 g/mol. The second kappa shape index (κ2) is 10.3. The smallest absolute Gasteiger partial charge is 0.251 e. The number of nitrogen functional groups attached to an aromatic ring is 1. The maximum Gasteiger partial charge on any atom is 0.251 e. The van der Waals surface area contributed by atoms with E-state index in [1.165, 1.54) is 44.9 Å². The van der Waals surface area contributed by atoms with Gasteiger partial charge in [0.05, 0.1) is 0 Å². The summed E-state index contributed by atoms with van der Waals surface area (Å²) in [6, 6.07) is 5.48. The van der Waals surface area contributed by atoms with Crippen molar-refractivity contribution in [1.29, 1.82) is 0 Å². The van der Waals surface area contributed by atoms with Gasteiger partial charge in [0.25, 0.3) is 5.91 Å². The third-order valence-electron chi connectivity index (χ3n) is 3.68. The van der Waals surface area contributed by atoms with Crippen LogP contribution in [0.2, 0.25) is 0 Å². The Kier molecular flexibility index (Phi) is 8.56. The molecule has 0 radical (unpaired) electrons. The molecule has 0 atom stereocenters. The summed E-state index contributed by atoms with van der Waals surface area (Å²) in [5.74, 6) is -0.0201. The second-order valence-corrected chi connectivity index (χ2v) is 5.86. The summed E-state index contributed by atoms with van der Waals surface area (Å²) < 4.78 is 0. The summed E-state index contributed by atoms with van der Waals surface area (Å²) >= 11 is 0. The molecule has 0 saturated heterocycles. The van der Waals surface area contributed by atoms with Gasteiger partial charge in [-0.05, 0) is 37.1 Å². The zero-order valence-electron chi connectivity index (χ0n) is 13.6. The van der Waals surface area contributed by atoms with Crippen molar-refractivity contribution < 1.29 is 4.79 Å². The summed E-state index contributed by atoms with van der Waals surface area (Å²) in [7, 11) is 0. The van der Waals surface area contributed by atoms with Crippen molar-refractivity contribution in [1.82, 2.24) is 5.32 Å². The van der Waals surface area contributed by atoms with E-state index in [2.05, 4.69) is 12.2 Å². The predicted molar refractivity (Wildman–Crippen MR) is 90.5 cm³/mol. The van der Waals surface area contributed by atoms with Crippen LogP contribution >= 0.6 is 0 Å². The zero-order chi connectivity index (χ0) is 15.5. The summed E-state index contributed by atoms with van der Waals surface area (Å²) in [5, 5.41) is 2.97. The Labute approximate surface area is 129 Å². The number of carbonyl (C=O) groups excluding carboxylic acids is 1. The minimum atomic E-state index is -0.0201. The van der Waals surface area contributed by atoms with Crippen molar-refractivity contribution in [2.75, 3.05) is 12.3 Å². The fourth-order valence-electron chi connectivity index (χ4n) is 2.51. The van der Waals surface area contributed by atoms with Gasteiger partial charge in [-0.25, -0.2) is 0 Å². The number of nitrogens with one attached hydrogen (secondary N) is 1. The lowest BCUT2D eigenvalue weighted by Crippen LogP contribution is -2.24. The Balaban J connectivity index is 2.11. The van der Waals surface area contributed by atoms with Crippen LogP contribution in [0.15, 0.2) is 18.2 Å². The third kappa shape index (κ3) is 7.74. The van der Waals surface area contributed by atoms with Crippen LogP contribution in [0.4, 0.5) is 5.69 Å². The van der Waals surface area contributed by atoms with Crippen LogP contribution in [0.5, 0.6) is 0 Å². The van der Waals surface area contributed by atoms with Crippen LogP contribution in [0.25, 0.3) is 0 Å². The van der Waals surface area contributed by atoms with E-state index in [0.29, 0.717) is 11.3 Å². The highest BCUT2D eigenvalue weighted by Gasteiger charge is 2.05. The van der Waals surface area contributed by atoms with Gasteiger partial charge in [0, 0.05) is 17.8 Å². The molecule has 0 aliphatic heterocycles. The van der Waals surface area contributed by atoms with E-state index < -0.39 is 0 Å². The fourth-order valence-corrected chi connectivity index (χ4v) is 2.51. The number of hydrogen-bond acceptors (Lipinski definition) is 2. The number of hydrogen-bond donors (Lipinski definition) is 2. The third-order valence-corrected chi connectivity index (χ3v) is 3.68. The van der Waals surface area contributed by atoms with Crippen LogP contribution in [0, 0.1) is 6.92 Å². The minimum Gasteiger partial charge on any atom is -0.399 e. The molecule has 3 heteroatoms. The van der Waals surface area contributed by atoms with Gasteiger partial charge < -0.3 is 11.1 Å². The highest BCUT2D eigenvalue weighted by atomic mass is 16.1. The van der Waals surface area contributed by atoms with Crippen molar-refractivity contribution in [3.05, 3.63) is 29.3 Å². The maximum absolute atomic E-state index is 12.0. The van der Waals surface area contributed by atoms with Gasteiger partial charge in [0.2, 0.25) is 0 Å². The molecule has 1 rings (SSSR count). The van der Waals surface area contributed by atoms with Crippen molar-refractivity contribution in [3.8, 4) is 0 Å². The highest BCUT2D eigenvalue weighted by Crippen LogP contribution is 2.11. The van der Waals surface area contributed by atoms with E-state index in [1.54, 1.807) is 6.07 Å². The molecule has 3 N–H and O–H groups in total. The van der Waals surface area contributed by atoms with E-state index in [4.69, 9.17) is 5.73 Å². The second-order valence-electron chi connectivity index (χ2n) is 5.86. The molecule has 0 saturated carbocycles. The minimum absolute atomic E-state index is 0.0201. The molecular formula is C18H30N2O. The standard InChI is InChI=1S/C18H30N2O/c1-3-4-5-6-7-8-9-10-11-20-18(21)16-12-15(2)13-17(19)14-16/h12-14H,3-11,19H2,1-2H3,(H,20,21). The van der Waals surface area contributed by atoms with Crippen molar-refractivity contribution in [3.63, 3.8) is 0 Å². The predicted octanol–water partition coefficient (Wildman–Crippen LogP) is 4.45. The van der Waals surface area contributed by atoms with Gasteiger partial charge in [-0.15, -0.1) is 0 Å². The summed E-state index contributed by atoms with van der Waals surface area (Å²) in [6.45, 7) is 4.94. The average molecular weight is 290 g/mol. The number of carbonyl (C=O) groups is 1. The van der Waals surface area contributed by atoms with E-state index in [-0.39, 0.29) is 5.91 Å². The van der Waals surface area contributed by atoms with Gasteiger partial charge in [-0.1, -0.05) is 51.9 Å². The molecule has 1 aromatic carbocycles. The van der Waals surface area contributed by atoms with Gasteiger partial charge in [-0.2, -0.15) is 0 Å². The largest absolute Gasteiger partial charge is 0.399 e. The van der Waals surface area contributed by atoms with Crippen LogP contribution in [0.3, 0.4) is 0 Å². The first-order chi connectivity index (χ1) is 10.1. The molecule has 0 heterocycles. The van der Waals surface area contributed by atoms with Crippen LogP contribution in [-0.2, 0) is 0 Å². The average Bonchev–Trinajstić information content (AvgIpc) is 2.44. The molecule has 118 valence electrons. The van der Waals surface area contributed by atoms with Gasteiger partial charge in [0.15, 0.2) is 0 Å². The number of aryl methyl sites for hydroxylation is 1. The highest BCUT2D eigenvalue weighted by molar-refractivity contribution is 5.95. The normalized spacial score (nSPS) is 10.6. The number of unbranched alkanes of at least 4 members (excludes halogenated alkanes) is 7. The molecule has 21 heavy (non-hydrogen) atoms. The number of rotatable bonds is 10. The lowest BCUT2D eigenvalue weighted by molar-refractivity contribution is 0.0953. The number of nitrogens with two attached hydrogens (primary N) is 1. The first-order valence-corrected chi connectivity index (χ1v) is 8.29. The van der Waals surface area contributed by atoms with Crippen molar-refractivity contribution in [2.24, 2.45) is 0 Å². The Hall–Kier alpha value is -1.51. The number of anilines is 1. The molecule has 0 unspecified atom stereocenters. The van der Waals surface area contributed by atoms with Gasteiger partial charge in [-0.3, -0.25) is 4.79 Å². The van der Waals surface area contributed by atoms with Gasteiger partial charge >= 0.3 is 0 Å². The molecule has 0 aliphatic rings. The molecule has 3 nitrogen and oxygen atoms in total. The summed E-state index contributed by atoms with van der Waals surface area (Å²) in [5.41, 5.74) is 8.09. The quantitative estimate of drug-likeness (QED) is 0.494. The molecular weight excluding hydrogens is 260 g/mol.